The molecule has 2 aromatic heterocycles. The van der Waals surface area contributed by atoms with Gasteiger partial charge in [-0.3, -0.25) is 4.79 Å². The summed E-state index contributed by atoms with van der Waals surface area (Å²) in [5.41, 5.74) is 0.533. The Hall–Kier alpha value is -3.07. The summed E-state index contributed by atoms with van der Waals surface area (Å²) < 4.78 is 35.6. The van der Waals surface area contributed by atoms with Crippen molar-refractivity contribution in [2.24, 2.45) is 0 Å². The summed E-state index contributed by atoms with van der Waals surface area (Å²) in [5, 5.41) is 4.26. The van der Waals surface area contributed by atoms with E-state index in [4.69, 9.17) is 4.74 Å². The number of amides is 1. The number of aromatic nitrogens is 3. The summed E-state index contributed by atoms with van der Waals surface area (Å²) in [6.45, 7) is 1.26. The number of nitrogens with zero attached hydrogens (tertiary/aromatic N) is 5. The smallest absolute Gasteiger partial charge is 0.257 e. The number of piperidine rings is 1. The lowest BCUT2D eigenvalue weighted by Crippen LogP contribution is -2.50. The fraction of sp³-hybridized carbons (Fsp3) is 0.409. The second-order valence-electron chi connectivity index (χ2n) is 8.47. The number of rotatable bonds is 2. The van der Waals surface area contributed by atoms with Crippen LogP contribution in [0.2, 0.25) is 0 Å². The Balaban J connectivity index is 1.24. The lowest BCUT2D eigenvalue weighted by molar-refractivity contribution is -0.140. The van der Waals surface area contributed by atoms with Crippen LogP contribution in [0, 0.1) is 11.6 Å². The minimum atomic E-state index is -0.878. The van der Waals surface area contributed by atoms with Gasteiger partial charge in [-0.2, -0.15) is 5.10 Å². The first kappa shape index (κ1) is 18.7. The first-order valence-electron chi connectivity index (χ1n) is 10.5. The van der Waals surface area contributed by atoms with E-state index in [9.17, 15) is 13.6 Å². The lowest BCUT2D eigenvalue weighted by atomic mass is 9.89. The average molecular weight is 425 g/mol. The zero-order valence-electron chi connectivity index (χ0n) is 16.7. The molecule has 3 aliphatic heterocycles. The lowest BCUT2D eigenvalue weighted by Gasteiger charge is -2.38. The van der Waals surface area contributed by atoms with Gasteiger partial charge in [0, 0.05) is 44.4 Å². The summed E-state index contributed by atoms with van der Waals surface area (Å²) in [6.07, 6.45) is 7.30. The third-order valence-electron chi connectivity index (χ3n) is 6.76. The predicted octanol–water partition coefficient (Wildman–Crippen LogP) is 3.07. The maximum absolute atomic E-state index is 13.8. The maximum atomic E-state index is 13.8. The molecule has 31 heavy (non-hydrogen) atoms. The van der Waals surface area contributed by atoms with E-state index in [1.807, 2.05) is 6.07 Å². The van der Waals surface area contributed by atoms with Crippen LogP contribution in [0.15, 0.2) is 42.9 Å². The fourth-order valence-corrected chi connectivity index (χ4v) is 5.31. The number of halogens is 2. The monoisotopic (exact) mass is 425 g/mol. The highest BCUT2D eigenvalue weighted by molar-refractivity contribution is 5.88. The Morgan fingerprint density at radius 2 is 1.84 bits per heavy atom. The number of hydrogen-bond acceptors (Lipinski definition) is 5. The molecule has 3 aromatic rings. The highest BCUT2D eigenvalue weighted by atomic mass is 19.1. The van der Waals surface area contributed by atoms with Gasteiger partial charge in [-0.25, -0.2) is 18.3 Å². The minimum Gasteiger partial charge on any atom is -0.355 e. The fourth-order valence-electron chi connectivity index (χ4n) is 5.31. The van der Waals surface area contributed by atoms with Crippen LogP contribution in [0.4, 0.5) is 14.6 Å². The number of benzene rings is 1. The molecule has 7 nitrogen and oxygen atoms in total. The van der Waals surface area contributed by atoms with E-state index in [1.165, 1.54) is 12.1 Å². The van der Waals surface area contributed by atoms with Gasteiger partial charge in [0.25, 0.3) is 5.91 Å². The van der Waals surface area contributed by atoms with Gasteiger partial charge in [0.2, 0.25) is 0 Å². The van der Waals surface area contributed by atoms with Gasteiger partial charge >= 0.3 is 0 Å². The van der Waals surface area contributed by atoms with Crippen LogP contribution in [0.1, 0.15) is 37.3 Å². The van der Waals surface area contributed by atoms with Crippen molar-refractivity contribution in [2.75, 3.05) is 18.0 Å². The third-order valence-corrected chi connectivity index (χ3v) is 6.76. The maximum Gasteiger partial charge on any atom is 0.257 e. The van der Waals surface area contributed by atoms with E-state index in [2.05, 4.69) is 15.0 Å². The molecule has 3 aliphatic rings. The van der Waals surface area contributed by atoms with Crippen LogP contribution in [0.5, 0.6) is 0 Å². The van der Waals surface area contributed by atoms with E-state index in [0.717, 1.165) is 17.4 Å². The second-order valence-corrected chi connectivity index (χ2v) is 8.47. The van der Waals surface area contributed by atoms with Crippen molar-refractivity contribution in [3.63, 3.8) is 0 Å². The largest absolute Gasteiger partial charge is 0.355 e. The first-order valence-corrected chi connectivity index (χ1v) is 10.5. The number of carbonyl (C=O) groups is 1. The van der Waals surface area contributed by atoms with Crippen molar-refractivity contribution in [3.05, 3.63) is 60.1 Å². The molecule has 3 fully saturated rings. The molecule has 9 heteroatoms. The molecule has 2 atom stereocenters. The van der Waals surface area contributed by atoms with Crippen molar-refractivity contribution >= 4 is 17.2 Å². The molecule has 0 saturated carbocycles. The minimum absolute atomic E-state index is 0.0696. The topological polar surface area (TPSA) is 63.0 Å². The Labute approximate surface area is 177 Å². The predicted molar refractivity (Wildman–Crippen MR) is 107 cm³/mol. The molecule has 0 radical (unpaired) electrons. The van der Waals surface area contributed by atoms with Crippen molar-refractivity contribution in [3.8, 4) is 0 Å². The molecule has 2 unspecified atom stereocenters. The summed E-state index contributed by atoms with van der Waals surface area (Å²) in [6, 6.07) is 5.04. The highest BCUT2D eigenvalue weighted by Gasteiger charge is 2.58. The van der Waals surface area contributed by atoms with Crippen LogP contribution in [-0.4, -0.2) is 50.3 Å². The average Bonchev–Trinajstić information content (AvgIpc) is 3.45. The Kier molecular flexibility index (Phi) is 4.05. The van der Waals surface area contributed by atoms with Crippen molar-refractivity contribution in [2.45, 2.75) is 43.6 Å². The summed E-state index contributed by atoms with van der Waals surface area (Å²) in [7, 11) is 0. The first-order chi connectivity index (χ1) is 15.0. The van der Waals surface area contributed by atoms with Gasteiger partial charge < -0.3 is 14.5 Å². The molecule has 6 rings (SSSR count). The van der Waals surface area contributed by atoms with E-state index < -0.39 is 17.2 Å². The SMILES string of the molecule is O=C1N2C(CCC2c2cc(F)cc(F)c2)OC12CCN(c1nccn3nccc13)CC2. The summed E-state index contributed by atoms with van der Waals surface area (Å²) >= 11 is 0. The Morgan fingerprint density at radius 1 is 1.06 bits per heavy atom. The molecule has 5 heterocycles. The molecule has 3 saturated heterocycles. The zero-order chi connectivity index (χ0) is 21.2. The zero-order valence-corrected chi connectivity index (χ0v) is 16.7. The molecular formula is C22H21F2N5O2. The Morgan fingerprint density at radius 3 is 2.61 bits per heavy atom. The van der Waals surface area contributed by atoms with E-state index >= 15 is 0 Å². The van der Waals surface area contributed by atoms with Crippen LogP contribution >= 0.6 is 0 Å². The number of fused-ring (bicyclic) bond motifs is 2. The summed E-state index contributed by atoms with van der Waals surface area (Å²) in [4.78, 5) is 21.9. The van der Waals surface area contributed by atoms with E-state index in [0.29, 0.717) is 44.3 Å². The quantitative estimate of drug-likeness (QED) is 0.632. The number of anilines is 1. The number of carbonyl (C=O) groups excluding carboxylic acids is 1. The third kappa shape index (κ3) is 2.83. The van der Waals surface area contributed by atoms with Crippen LogP contribution in [0.25, 0.3) is 5.52 Å². The van der Waals surface area contributed by atoms with E-state index in [1.54, 1.807) is 28.0 Å². The second kappa shape index (κ2) is 6.71. The number of ether oxygens (including phenoxy) is 1. The van der Waals surface area contributed by atoms with Crippen molar-refractivity contribution in [1.29, 1.82) is 0 Å². The van der Waals surface area contributed by atoms with Gasteiger partial charge in [-0.05, 0) is 36.6 Å². The normalized spacial score (nSPS) is 25.0. The Bertz CT molecular complexity index is 1150. The molecule has 160 valence electrons. The van der Waals surface area contributed by atoms with Gasteiger partial charge in [0.05, 0.1) is 12.2 Å². The molecular weight excluding hydrogens is 404 g/mol. The van der Waals surface area contributed by atoms with Gasteiger partial charge in [0.1, 0.15) is 23.4 Å². The van der Waals surface area contributed by atoms with E-state index in [-0.39, 0.29) is 18.2 Å². The van der Waals surface area contributed by atoms with Crippen LogP contribution < -0.4 is 4.90 Å². The van der Waals surface area contributed by atoms with Crippen LogP contribution in [0.3, 0.4) is 0 Å². The van der Waals surface area contributed by atoms with Crippen molar-refractivity contribution in [1.82, 2.24) is 19.5 Å². The van der Waals surface area contributed by atoms with Gasteiger partial charge in [-0.15, -0.1) is 0 Å². The highest BCUT2D eigenvalue weighted by Crippen LogP contribution is 2.48. The van der Waals surface area contributed by atoms with Crippen LogP contribution in [-0.2, 0) is 9.53 Å². The molecule has 1 aromatic carbocycles. The molecule has 0 N–H and O–H groups in total. The van der Waals surface area contributed by atoms with Crippen molar-refractivity contribution < 1.29 is 18.3 Å². The molecule has 1 spiro atoms. The molecule has 0 aliphatic carbocycles. The summed E-state index contributed by atoms with van der Waals surface area (Å²) in [5.74, 6) is -0.486. The molecule has 1 amide bonds. The number of hydrogen-bond donors (Lipinski definition) is 0. The van der Waals surface area contributed by atoms with Gasteiger partial charge in [-0.1, -0.05) is 0 Å². The molecule has 0 bridgehead atoms. The standard InChI is InChI=1S/C22H21F2N5O2/c23-15-11-14(12-16(24)13-15)17-1-2-19-29(17)21(30)22(31-19)4-8-27(9-5-22)20-18-3-6-26-28(18)10-7-25-20/h3,6-7,10-13,17,19H,1-2,4-5,8-9H2. The van der Waals surface area contributed by atoms with Gasteiger partial charge in [0.15, 0.2) is 11.4 Å².